The number of hydrogen-bond donors (Lipinski definition) is 3. The third kappa shape index (κ3) is 4.19. The van der Waals surface area contributed by atoms with Crippen molar-refractivity contribution >= 4 is 17.5 Å². The summed E-state index contributed by atoms with van der Waals surface area (Å²) < 4.78 is 5.26. The van der Waals surface area contributed by atoms with Crippen LogP contribution in [0.5, 0.6) is 0 Å². The van der Waals surface area contributed by atoms with Crippen LogP contribution in [0.25, 0.3) is 0 Å². The minimum absolute atomic E-state index is 0.121. The van der Waals surface area contributed by atoms with Gasteiger partial charge in [-0.3, -0.25) is 9.59 Å². The van der Waals surface area contributed by atoms with Gasteiger partial charge in [0.2, 0.25) is 5.91 Å². The number of rotatable bonds is 5. The molecule has 4 N–H and O–H groups in total. The van der Waals surface area contributed by atoms with E-state index in [4.69, 9.17) is 10.2 Å². The van der Waals surface area contributed by atoms with Crippen molar-refractivity contribution in [1.29, 1.82) is 0 Å². The molecule has 21 heavy (non-hydrogen) atoms. The van der Waals surface area contributed by atoms with Crippen LogP contribution in [0.4, 0.5) is 5.69 Å². The van der Waals surface area contributed by atoms with E-state index in [2.05, 4.69) is 10.6 Å². The predicted octanol–water partition coefficient (Wildman–Crippen LogP) is 1.63. The van der Waals surface area contributed by atoms with Gasteiger partial charge in [0.1, 0.15) is 5.76 Å². The first-order valence-corrected chi connectivity index (χ1v) is 6.52. The topological polar surface area (TPSA) is 97.4 Å². The van der Waals surface area contributed by atoms with E-state index in [1.807, 2.05) is 12.1 Å². The summed E-state index contributed by atoms with van der Waals surface area (Å²) in [6.45, 7) is 2.09. The summed E-state index contributed by atoms with van der Waals surface area (Å²) in [7, 11) is 0. The quantitative estimate of drug-likeness (QED) is 0.778. The molecule has 6 heteroatoms. The molecule has 0 radical (unpaired) electrons. The lowest BCUT2D eigenvalue weighted by molar-refractivity contribution is -0.114. The molecular weight excluding hydrogens is 270 g/mol. The van der Waals surface area contributed by atoms with Gasteiger partial charge >= 0.3 is 0 Å². The normalized spacial score (nSPS) is 10.2. The zero-order valence-electron chi connectivity index (χ0n) is 11.7. The number of hydrogen-bond acceptors (Lipinski definition) is 4. The van der Waals surface area contributed by atoms with Crippen LogP contribution >= 0.6 is 0 Å². The molecule has 2 rings (SSSR count). The molecule has 0 saturated heterocycles. The van der Waals surface area contributed by atoms with E-state index < -0.39 is 0 Å². The van der Waals surface area contributed by atoms with Crippen LogP contribution in [0.1, 0.15) is 28.8 Å². The van der Waals surface area contributed by atoms with Gasteiger partial charge in [0, 0.05) is 19.2 Å². The Kier molecular flexibility index (Phi) is 4.73. The summed E-state index contributed by atoms with van der Waals surface area (Å²) >= 11 is 0. The number of nitrogens with one attached hydrogen (secondary N) is 2. The van der Waals surface area contributed by atoms with Gasteiger partial charge in [-0.25, -0.2) is 0 Å². The van der Waals surface area contributed by atoms with Crippen LogP contribution in [-0.4, -0.2) is 11.8 Å². The van der Waals surface area contributed by atoms with Crippen molar-refractivity contribution in [3.05, 3.63) is 53.5 Å². The highest BCUT2D eigenvalue weighted by molar-refractivity contribution is 5.91. The molecule has 1 aromatic heterocycles. The Hall–Kier alpha value is -2.60. The smallest absolute Gasteiger partial charge is 0.287 e. The second-order valence-corrected chi connectivity index (χ2v) is 4.53. The number of anilines is 1. The van der Waals surface area contributed by atoms with Gasteiger partial charge in [0.25, 0.3) is 5.91 Å². The molecule has 0 atom stereocenters. The van der Waals surface area contributed by atoms with Gasteiger partial charge in [-0.15, -0.1) is 0 Å². The second-order valence-electron chi connectivity index (χ2n) is 4.53. The van der Waals surface area contributed by atoms with E-state index in [1.165, 1.54) is 6.92 Å². The average molecular weight is 287 g/mol. The predicted molar refractivity (Wildman–Crippen MR) is 78.5 cm³/mol. The van der Waals surface area contributed by atoms with Gasteiger partial charge in [0.15, 0.2) is 5.76 Å². The first-order chi connectivity index (χ1) is 10.1. The average Bonchev–Trinajstić information content (AvgIpc) is 2.94. The van der Waals surface area contributed by atoms with Crippen molar-refractivity contribution in [3.8, 4) is 0 Å². The maximum atomic E-state index is 11.9. The summed E-state index contributed by atoms with van der Waals surface area (Å²) in [5, 5.41) is 5.43. The van der Waals surface area contributed by atoms with Crippen LogP contribution in [0, 0.1) is 0 Å². The molecule has 0 aliphatic heterocycles. The van der Waals surface area contributed by atoms with Gasteiger partial charge < -0.3 is 20.8 Å². The number of carbonyl (C=O) groups excluding carboxylic acids is 2. The largest absolute Gasteiger partial charge is 0.455 e. The molecule has 1 aromatic carbocycles. The molecule has 0 saturated carbocycles. The van der Waals surface area contributed by atoms with Crippen molar-refractivity contribution in [2.24, 2.45) is 5.73 Å². The Morgan fingerprint density at radius 3 is 2.43 bits per heavy atom. The molecule has 2 amide bonds. The lowest BCUT2D eigenvalue weighted by atomic mass is 10.2. The molecule has 0 spiro atoms. The fourth-order valence-corrected chi connectivity index (χ4v) is 1.79. The molecule has 2 aromatic rings. The molecule has 1 heterocycles. The monoisotopic (exact) mass is 287 g/mol. The maximum Gasteiger partial charge on any atom is 0.287 e. The lowest BCUT2D eigenvalue weighted by Crippen LogP contribution is -2.22. The van der Waals surface area contributed by atoms with Crippen molar-refractivity contribution in [2.75, 3.05) is 5.32 Å². The van der Waals surface area contributed by atoms with Crippen molar-refractivity contribution in [3.63, 3.8) is 0 Å². The molecule has 110 valence electrons. The lowest BCUT2D eigenvalue weighted by Gasteiger charge is -2.06. The molecule has 0 bridgehead atoms. The van der Waals surface area contributed by atoms with E-state index in [0.717, 1.165) is 11.3 Å². The molecule has 0 fully saturated rings. The summed E-state index contributed by atoms with van der Waals surface area (Å²) in [6, 6.07) is 10.5. The van der Waals surface area contributed by atoms with Crippen molar-refractivity contribution < 1.29 is 14.0 Å². The highest BCUT2D eigenvalue weighted by Gasteiger charge is 2.10. The zero-order chi connectivity index (χ0) is 15.2. The molecular formula is C15H17N3O3. The Bertz CT molecular complexity index is 632. The standard InChI is InChI=1S/C15H17N3O3/c1-10(19)18-12-4-2-11(3-5-12)9-17-15(20)14-7-6-13(8-16)21-14/h2-7H,8-9,16H2,1H3,(H,17,20)(H,18,19). The number of carbonyl (C=O) groups is 2. The first kappa shape index (κ1) is 14.8. The number of furan rings is 1. The summed E-state index contributed by atoms with van der Waals surface area (Å²) in [6.07, 6.45) is 0. The zero-order valence-corrected chi connectivity index (χ0v) is 11.7. The third-order valence-corrected chi connectivity index (χ3v) is 2.81. The molecule has 6 nitrogen and oxygen atoms in total. The Labute approximate surface area is 122 Å². The minimum Gasteiger partial charge on any atom is -0.455 e. The van der Waals surface area contributed by atoms with Crippen LogP contribution in [0.3, 0.4) is 0 Å². The van der Waals surface area contributed by atoms with Crippen molar-refractivity contribution in [1.82, 2.24) is 5.32 Å². The third-order valence-electron chi connectivity index (χ3n) is 2.81. The van der Waals surface area contributed by atoms with E-state index in [9.17, 15) is 9.59 Å². The summed E-state index contributed by atoms with van der Waals surface area (Å²) in [5.74, 6) is 0.398. The van der Waals surface area contributed by atoms with Gasteiger partial charge in [-0.05, 0) is 29.8 Å². The molecule has 0 aliphatic carbocycles. The van der Waals surface area contributed by atoms with E-state index in [1.54, 1.807) is 24.3 Å². The number of amides is 2. The Balaban J connectivity index is 1.90. The van der Waals surface area contributed by atoms with E-state index >= 15 is 0 Å². The second kappa shape index (κ2) is 6.71. The number of nitrogens with two attached hydrogens (primary N) is 1. The van der Waals surface area contributed by atoms with Crippen molar-refractivity contribution in [2.45, 2.75) is 20.0 Å². The first-order valence-electron chi connectivity index (χ1n) is 6.52. The van der Waals surface area contributed by atoms with E-state index in [-0.39, 0.29) is 24.1 Å². The summed E-state index contributed by atoms with van der Waals surface area (Å²) in [4.78, 5) is 22.8. The number of benzene rings is 1. The fourth-order valence-electron chi connectivity index (χ4n) is 1.79. The molecule has 0 aliphatic rings. The SMILES string of the molecule is CC(=O)Nc1ccc(CNC(=O)c2ccc(CN)o2)cc1. The maximum absolute atomic E-state index is 11.9. The molecule has 0 unspecified atom stereocenters. The Morgan fingerprint density at radius 1 is 1.14 bits per heavy atom. The highest BCUT2D eigenvalue weighted by atomic mass is 16.4. The Morgan fingerprint density at radius 2 is 1.86 bits per heavy atom. The van der Waals surface area contributed by atoms with Crippen LogP contribution in [0.15, 0.2) is 40.8 Å². The van der Waals surface area contributed by atoms with E-state index in [0.29, 0.717) is 12.3 Å². The van der Waals surface area contributed by atoms with Gasteiger partial charge in [-0.1, -0.05) is 12.1 Å². The van der Waals surface area contributed by atoms with Crippen LogP contribution < -0.4 is 16.4 Å². The minimum atomic E-state index is -0.291. The summed E-state index contributed by atoms with van der Waals surface area (Å²) in [5.41, 5.74) is 7.06. The fraction of sp³-hybridized carbons (Fsp3) is 0.200. The van der Waals surface area contributed by atoms with Crippen LogP contribution in [0.2, 0.25) is 0 Å². The van der Waals surface area contributed by atoms with Crippen LogP contribution in [-0.2, 0) is 17.9 Å². The van der Waals surface area contributed by atoms with Gasteiger partial charge in [0.05, 0.1) is 6.54 Å². The highest BCUT2D eigenvalue weighted by Crippen LogP contribution is 2.10. The van der Waals surface area contributed by atoms with Gasteiger partial charge in [-0.2, -0.15) is 0 Å².